The van der Waals surface area contributed by atoms with Gasteiger partial charge in [0.05, 0.1) is 27.1 Å². The molecule has 0 radical (unpaired) electrons. The van der Waals surface area contributed by atoms with Gasteiger partial charge in [-0.15, -0.1) is 0 Å². The molecule has 2 rings (SSSR count). The second-order valence-corrected chi connectivity index (χ2v) is 4.74. The summed E-state index contributed by atoms with van der Waals surface area (Å²) < 4.78 is 0. The standard InChI is InChI=1S/C13H11Cl2N3O/c1-7-11(3-2-4-17-7)18-13(19)8-5-9(14)12(15)10(16)6-8/h2-6H,16H2,1H3,(H,18,19). The van der Waals surface area contributed by atoms with Gasteiger partial charge in [0.2, 0.25) is 0 Å². The lowest BCUT2D eigenvalue weighted by atomic mass is 10.2. The smallest absolute Gasteiger partial charge is 0.255 e. The van der Waals surface area contributed by atoms with Crippen LogP contribution >= 0.6 is 23.2 Å². The van der Waals surface area contributed by atoms with E-state index in [0.717, 1.165) is 5.69 Å². The molecule has 1 heterocycles. The first kappa shape index (κ1) is 13.6. The molecule has 0 aliphatic rings. The van der Waals surface area contributed by atoms with Gasteiger partial charge in [-0.25, -0.2) is 0 Å². The van der Waals surface area contributed by atoms with Crippen LogP contribution in [0.3, 0.4) is 0 Å². The van der Waals surface area contributed by atoms with Crippen LogP contribution in [0.4, 0.5) is 11.4 Å². The number of aromatic nitrogens is 1. The van der Waals surface area contributed by atoms with E-state index >= 15 is 0 Å². The average Bonchev–Trinajstić information content (AvgIpc) is 2.38. The van der Waals surface area contributed by atoms with Gasteiger partial charge >= 0.3 is 0 Å². The van der Waals surface area contributed by atoms with Gasteiger partial charge in [0.25, 0.3) is 5.91 Å². The van der Waals surface area contributed by atoms with E-state index in [9.17, 15) is 4.79 Å². The SMILES string of the molecule is Cc1ncccc1NC(=O)c1cc(N)c(Cl)c(Cl)c1. The summed E-state index contributed by atoms with van der Waals surface area (Å²) in [5, 5.41) is 3.23. The molecular formula is C13H11Cl2N3O. The Morgan fingerprint density at radius 2 is 2.11 bits per heavy atom. The Labute approximate surface area is 120 Å². The highest BCUT2D eigenvalue weighted by molar-refractivity contribution is 6.44. The minimum atomic E-state index is -0.318. The minimum absolute atomic E-state index is 0.245. The van der Waals surface area contributed by atoms with Crippen LogP contribution in [0.15, 0.2) is 30.5 Å². The molecule has 0 bridgehead atoms. The molecule has 4 nitrogen and oxygen atoms in total. The Morgan fingerprint density at radius 1 is 1.37 bits per heavy atom. The summed E-state index contributed by atoms with van der Waals surface area (Å²) in [6.45, 7) is 1.80. The van der Waals surface area contributed by atoms with E-state index in [4.69, 9.17) is 28.9 Å². The number of hydrogen-bond acceptors (Lipinski definition) is 3. The Hall–Kier alpha value is -1.78. The zero-order chi connectivity index (χ0) is 14.0. The fourth-order valence-electron chi connectivity index (χ4n) is 1.55. The maximum Gasteiger partial charge on any atom is 0.255 e. The summed E-state index contributed by atoms with van der Waals surface area (Å²) in [6.07, 6.45) is 1.65. The number of amides is 1. The normalized spacial score (nSPS) is 10.3. The zero-order valence-electron chi connectivity index (χ0n) is 10.1. The monoisotopic (exact) mass is 295 g/mol. The first-order valence-electron chi connectivity index (χ1n) is 5.46. The molecule has 1 amide bonds. The molecule has 0 aliphatic heterocycles. The van der Waals surface area contributed by atoms with Crippen molar-refractivity contribution in [3.63, 3.8) is 0 Å². The Kier molecular flexibility index (Phi) is 3.93. The summed E-state index contributed by atoms with van der Waals surface area (Å²) in [5.41, 5.74) is 7.64. The molecule has 0 spiro atoms. The number of benzene rings is 1. The summed E-state index contributed by atoms with van der Waals surface area (Å²) in [6, 6.07) is 6.46. The molecule has 19 heavy (non-hydrogen) atoms. The van der Waals surface area contributed by atoms with Crippen LogP contribution in [0.1, 0.15) is 16.1 Å². The van der Waals surface area contributed by atoms with Gasteiger partial charge in [-0.3, -0.25) is 9.78 Å². The van der Waals surface area contributed by atoms with Crippen LogP contribution in [0, 0.1) is 6.92 Å². The molecule has 1 aromatic carbocycles. The van der Waals surface area contributed by atoms with E-state index in [1.54, 1.807) is 25.3 Å². The lowest BCUT2D eigenvalue weighted by molar-refractivity contribution is 0.102. The van der Waals surface area contributed by atoms with Crippen molar-refractivity contribution in [2.45, 2.75) is 6.92 Å². The molecule has 0 unspecified atom stereocenters. The highest BCUT2D eigenvalue weighted by Gasteiger charge is 2.12. The number of carbonyl (C=O) groups excluding carboxylic acids is 1. The maximum absolute atomic E-state index is 12.1. The number of pyridine rings is 1. The van der Waals surface area contributed by atoms with Crippen molar-refractivity contribution >= 4 is 40.5 Å². The molecule has 0 saturated carbocycles. The second kappa shape index (κ2) is 5.47. The molecule has 0 fully saturated rings. The van der Waals surface area contributed by atoms with Crippen LogP contribution in [-0.4, -0.2) is 10.9 Å². The topological polar surface area (TPSA) is 68.0 Å². The van der Waals surface area contributed by atoms with E-state index in [1.165, 1.54) is 12.1 Å². The number of nitrogens with zero attached hydrogens (tertiary/aromatic N) is 1. The summed E-state index contributed by atoms with van der Waals surface area (Å²) in [5.74, 6) is -0.318. The third-order valence-corrected chi connectivity index (χ3v) is 3.39. The fraction of sp³-hybridized carbons (Fsp3) is 0.0769. The molecule has 1 aromatic heterocycles. The van der Waals surface area contributed by atoms with E-state index in [0.29, 0.717) is 11.3 Å². The third kappa shape index (κ3) is 2.97. The largest absolute Gasteiger partial charge is 0.397 e. The predicted molar refractivity (Wildman–Crippen MR) is 77.8 cm³/mol. The van der Waals surface area contributed by atoms with Crippen molar-refractivity contribution in [2.24, 2.45) is 0 Å². The molecule has 2 aromatic rings. The lowest BCUT2D eigenvalue weighted by Crippen LogP contribution is -2.13. The number of carbonyl (C=O) groups is 1. The van der Waals surface area contributed by atoms with Crippen LogP contribution in [0.25, 0.3) is 0 Å². The van der Waals surface area contributed by atoms with Gasteiger partial charge in [0.1, 0.15) is 0 Å². The number of rotatable bonds is 2. The van der Waals surface area contributed by atoms with Crippen molar-refractivity contribution in [1.29, 1.82) is 0 Å². The van der Waals surface area contributed by atoms with Crippen LogP contribution in [0.5, 0.6) is 0 Å². The number of halogens is 2. The third-order valence-electron chi connectivity index (χ3n) is 2.57. The predicted octanol–water partition coefficient (Wildman–Crippen LogP) is 3.53. The van der Waals surface area contributed by atoms with Gasteiger partial charge in [-0.2, -0.15) is 0 Å². The highest BCUT2D eigenvalue weighted by atomic mass is 35.5. The van der Waals surface area contributed by atoms with E-state index < -0.39 is 0 Å². The highest BCUT2D eigenvalue weighted by Crippen LogP contribution is 2.29. The van der Waals surface area contributed by atoms with Gasteiger partial charge in [0.15, 0.2) is 0 Å². The van der Waals surface area contributed by atoms with Gasteiger partial charge < -0.3 is 11.1 Å². The van der Waals surface area contributed by atoms with E-state index in [-0.39, 0.29) is 21.6 Å². The molecule has 0 saturated heterocycles. The number of nitrogens with one attached hydrogen (secondary N) is 1. The fourth-order valence-corrected chi connectivity index (χ4v) is 1.89. The first-order chi connectivity index (χ1) is 8.99. The Balaban J connectivity index is 2.28. The molecule has 98 valence electrons. The average molecular weight is 296 g/mol. The molecular weight excluding hydrogens is 285 g/mol. The van der Waals surface area contributed by atoms with Crippen LogP contribution in [-0.2, 0) is 0 Å². The molecule has 6 heteroatoms. The number of nitrogen functional groups attached to an aromatic ring is 1. The van der Waals surface area contributed by atoms with Crippen molar-refractivity contribution in [3.05, 3.63) is 51.8 Å². The van der Waals surface area contributed by atoms with E-state index in [2.05, 4.69) is 10.3 Å². The summed E-state index contributed by atoms with van der Waals surface area (Å²) in [4.78, 5) is 16.2. The maximum atomic E-state index is 12.1. The molecule has 0 atom stereocenters. The van der Waals surface area contributed by atoms with Crippen LogP contribution < -0.4 is 11.1 Å². The van der Waals surface area contributed by atoms with Crippen molar-refractivity contribution in [1.82, 2.24) is 4.98 Å². The van der Waals surface area contributed by atoms with Crippen molar-refractivity contribution < 1.29 is 4.79 Å². The molecule has 3 N–H and O–H groups in total. The number of hydrogen-bond donors (Lipinski definition) is 2. The lowest BCUT2D eigenvalue weighted by Gasteiger charge is -2.09. The Bertz CT molecular complexity index is 621. The Morgan fingerprint density at radius 3 is 2.74 bits per heavy atom. The van der Waals surface area contributed by atoms with Crippen molar-refractivity contribution in [2.75, 3.05) is 11.1 Å². The molecule has 0 aliphatic carbocycles. The van der Waals surface area contributed by atoms with Gasteiger partial charge in [-0.1, -0.05) is 23.2 Å². The van der Waals surface area contributed by atoms with Crippen LogP contribution in [0.2, 0.25) is 10.0 Å². The quantitative estimate of drug-likeness (QED) is 0.833. The summed E-state index contributed by atoms with van der Waals surface area (Å²) >= 11 is 11.7. The number of aryl methyl sites for hydroxylation is 1. The summed E-state index contributed by atoms with van der Waals surface area (Å²) in [7, 11) is 0. The first-order valence-corrected chi connectivity index (χ1v) is 6.22. The van der Waals surface area contributed by atoms with Crippen molar-refractivity contribution in [3.8, 4) is 0 Å². The second-order valence-electron chi connectivity index (χ2n) is 3.95. The van der Waals surface area contributed by atoms with E-state index in [1.807, 2.05) is 0 Å². The number of nitrogens with two attached hydrogens (primary N) is 1. The zero-order valence-corrected chi connectivity index (χ0v) is 11.6. The minimum Gasteiger partial charge on any atom is -0.397 e. The van der Waals surface area contributed by atoms with Gasteiger partial charge in [0, 0.05) is 11.8 Å². The number of anilines is 2. The van der Waals surface area contributed by atoms with Gasteiger partial charge in [-0.05, 0) is 31.2 Å².